The van der Waals surface area contributed by atoms with Crippen molar-refractivity contribution in [3.63, 3.8) is 0 Å². The fourth-order valence-electron chi connectivity index (χ4n) is 6.15. The molecule has 1 unspecified atom stereocenters. The molecule has 0 saturated heterocycles. The molecule has 5 heteroatoms. The Bertz CT molecular complexity index is 2270. The Balaban J connectivity index is 1.18. The van der Waals surface area contributed by atoms with Gasteiger partial charge in [-0.25, -0.2) is 0 Å². The third-order valence-corrected chi connectivity index (χ3v) is 9.38. The number of anilines is 4. The van der Waals surface area contributed by atoms with Gasteiger partial charge < -0.3 is 19.1 Å². The molecule has 3 heterocycles. The normalized spacial score (nSPS) is 14.5. The van der Waals surface area contributed by atoms with Crippen molar-refractivity contribution in [2.75, 3.05) is 10.2 Å². The minimum absolute atomic E-state index is 0.178. The van der Waals surface area contributed by atoms with E-state index >= 15 is 0 Å². The fourth-order valence-corrected chi connectivity index (χ4v) is 7.44. The number of furan rings is 2. The molecule has 4 nitrogen and oxygen atoms in total. The number of nitrogens with zero attached hydrogens (tertiary/aromatic N) is 1. The van der Waals surface area contributed by atoms with Gasteiger partial charge in [0.15, 0.2) is 0 Å². The lowest BCUT2D eigenvalue weighted by Crippen LogP contribution is -2.09. The van der Waals surface area contributed by atoms with E-state index in [0.29, 0.717) is 0 Å². The first kappa shape index (κ1) is 23.6. The predicted octanol–water partition coefficient (Wildman–Crippen LogP) is 11.2. The van der Waals surface area contributed by atoms with Crippen LogP contribution in [-0.4, -0.2) is 0 Å². The number of rotatable bonds is 4. The largest absolute Gasteiger partial charge is 0.456 e. The Morgan fingerprint density at radius 3 is 1.98 bits per heavy atom. The predicted molar refractivity (Wildman–Crippen MR) is 174 cm³/mol. The number of hydrogen-bond donors (Lipinski definition) is 1. The van der Waals surface area contributed by atoms with E-state index in [0.717, 1.165) is 61.2 Å². The Kier molecular flexibility index (Phi) is 5.16. The molecule has 1 aliphatic rings. The molecule has 6 aromatic carbocycles. The summed E-state index contributed by atoms with van der Waals surface area (Å²) in [6, 6.07) is 46.4. The van der Waals surface area contributed by atoms with Crippen LogP contribution >= 0.6 is 11.8 Å². The summed E-state index contributed by atoms with van der Waals surface area (Å²) in [5, 5.41) is 8.41. The van der Waals surface area contributed by atoms with Crippen LogP contribution in [0.1, 0.15) is 10.9 Å². The Labute approximate surface area is 246 Å². The van der Waals surface area contributed by atoms with Gasteiger partial charge in [0, 0.05) is 61.3 Å². The van der Waals surface area contributed by atoms with Gasteiger partial charge in [0.05, 0.1) is 0 Å². The maximum absolute atomic E-state index is 6.51. The van der Waals surface area contributed by atoms with Crippen LogP contribution in [0.5, 0.6) is 0 Å². The minimum atomic E-state index is 0.178. The number of thioether (sulfide) groups is 1. The Hall–Kier alpha value is -5.13. The van der Waals surface area contributed by atoms with Crippen LogP contribution in [-0.2, 0) is 0 Å². The van der Waals surface area contributed by atoms with Crippen molar-refractivity contribution >= 4 is 78.4 Å². The second kappa shape index (κ2) is 9.20. The van der Waals surface area contributed by atoms with E-state index in [2.05, 4.69) is 125 Å². The van der Waals surface area contributed by atoms with E-state index in [9.17, 15) is 0 Å². The summed E-state index contributed by atoms with van der Waals surface area (Å²) in [6.07, 6.45) is 0. The van der Waals surface area contributed by atoms with Gasteiger partial charge in [-0.2, -0.15) is 0 Å². The monoisotopic (exact) mass is 560 g/mol. The van der Waals surface area contributed by atoms with Crippen molar-refractivity contribution in [3.8, 4) is 0 Å². The molecule has 1 N–H and O–H groups in total. The molecule has 1 atom stereocenters. The van der Waals surface area contributed by atoms with Crippen molar-refractivity contribution in [2.45, 2.75) is 10.3 Å². The number of fused-ring (bicyclic) bond motifs is 8. The molecule has 0 bridgehead atoms. The smallest absolute Gasteiger partial charge is 0.137 e. The molecule has 0 aliphatic carbocycles. The standard InChI is InChI=1S/C37H24N2O2S/c1-3-9-23(10-4-1)37-38-30-19-20-32-35(36(30)42-37)29-18-16-26(22-34(29)41-32)39(24-11-5-2-6-12-24)25-15-17-28-27-13-7-8-14-31(27)40-33(28)21-25/h1-22,37-38H. The van der Waals surface area contributed by atoms with Crippen molar-refractivity contribution < 1.29 is 8.83 Å². The van der Waals surface area contributed by atoms with Gasteiger partial charge in [0.25, 0.3) is 0 Å². The van der Waals surface area contributed by atoms with Crippen molar-refractivity contribution in [3.05, 3.63) is 139 Å². The zero-order valence-corrected chi connectivity index (χ0v) is 23.3. The summed E-state index contributed by atoms with van der Waals surface area (Å²) < 4.78 is 12.8. The highest BCUT2D eigenvalue weighted by Crippen LogP contribution is 2.52. The molecule has 0 fully saturated rings. The molecule has 2 aromatic heterocycles. The highest BCUT2D eigenvalue weighted by atomic mass is 32.2. The summed E-state index contributed by atoms with van der Waals surface area (Å²) in [5.74, 6) is 0. The zero-order valence-electron chi connectivity index (χ0n) is 22.5. The number of nitrogens with one attached hydrogen (secondary N) is 1. The highest BCUT2D eigenvalue weighted by molar-refractivity contribution is 8.00. The summed E-state index contributed by atoms with van der Waals surface area (Å²) in [4.78, 5) is 3.49. The van der Waals surface area contributed by atoms with Crippen LogP contribution in [0.25, 0.3) is 43.9 Å². The molecule has 0 amide bonds. The van der Waals surface area contributed by atoms with Crippen LogP contribution in [0.4, 0.5) is 22.7 Å². The van der Waals surface area contributed by atoms with E-state index in [4.69, 9.17) is 8.83 Å². The van der Waals surface area contributed by atoms with Crippen molar-refractivity contribution in [1.29, 1.82) is 0 Å². The SMILES string of the molecule is c1ccc(C2Nc3ccc4oc5cc(N(c6ccccc6)c6ccc7c(c6)oc6ccccc67)ccc5c4c3S2)cc1. The van der Waals surface area contributed by atoms with Gasteiger partial charge >= 0.3 is 0 Å². The van der Waals surface area contributed by atoms with Gasteiger partial charge in [-0.3, -0.25) is 0 Å². The molecule has 1 aliphatic heterocycles. The molecule has 0 spiro atoms. The quantitative estimate of drug-likeness (QED) is 0.232. The Morgan fingerprint density at radius 2 is 1.17 bits per heavy atom. The summed E-state index contributed by atoms with van der Waals surface area (Å²) in [7, 11) is 0. The van der Waals surface area contributed by atoms with Crippen molar-refractivity contribution in [1.82, 2.24) is 0 Å². The lowest BCUT2D eigenvalue weighted by Gasteiger charge is -2.25. The van der Waals surface area contributed by atoms with E-state index in [1.54, 1.807) is 0 Å². The second-order valence-corrected chi connectivity index (χ2v) is 11.7. The maximum Gasteiger partial charge on any atom is 0.137 e. The highest BCUT2D eigenvalue weighted by Gasteiger charge is 2.27. The third-order valence-electron chi connectivity index (χ3n) is 8.09. The van der Waals surface area contributed by atoms with Gasteiger partial charge in [0.2, 0.25) is 0 Å². The van der Waals surface area contributed by atoms with E-state index < -0.39 is 0 Å². The zero-order chi connectivity index (χ0) is 27.6. The average molecular weight is 561 g/mol. The molecule has 8 aromatic rings. The third kappa shape index (κ3) is 3.64. The first-order valence-electron chi connectivity index (χ1n) is 14.0. The van der Waals surface area contributed by atoms with Crippen LogP contribution < -0.4 is 10.2 Å². The molecule has 9 rings (SSSR count). The first-order chi connectivity index (χ1) is 20.8. The van der Waals surface area contributed by atoms with Gasteiger partial charge in [0.1, 0.15) is 27.7 Å². The Morgan fingerprint density at radius 1 is 0.524 bits per heavy atom. The number of hydrogen-bond acceptors (Lipinski definition) is 5. The first-order valence-corrected chi connectivity index (χ1v) is 14.9. The molecule has 0 saturated carbocycles. The summed E-state index contributed by atoms with van der Waals surface area (Å²) >= 11 is 1.85. The lowest BCUT2D eigenvalue weighted by molar-refractivity contribution is 0.668. The van der Waals surface area contributed by atoms with Gasteiger partial charge in [-0.05, 0) is 60.2 Å². The molecule has 200 valence electrons. The van der Waals surface area contributed by atoms with Crippen LogP contribution in [0.15, 0.2) is 147 Å². The summed E-state index contributed by atoms with van der Waals surface area (Å²) in [5.41, 5.74) is 9.06. The second-order valence-electron chi connectivity index (χ2n) is 10.6. The molecular formula is C37H24N2O2S. The number of benzene rings is 6. The van der Waals surface area contributed by atoms with Gasteiger partial charge in [-0.1, -0.05) is 78.5 Å². The molecule has 0 radical (unpaired) electrons. The van der Waals surface area contributed by atoms with E-state index in [1.807, 2.05) is 30.0 Å². The fraction of sp³-hybridized carbons (Fsp3) is 0.0270. The van der Waals surface area contributed by atoms with Gasteiger partial charge in [-0.15, -0.1) is 0 Å². The van der Waals surface area contributed by atoms with E-state index in [-0.39, 0.29) is 5.37 Å². The van der Waals surface area contributed by atoms with Crippen molar-refractivity contribution in [2.24, 2.45) is 0 Å². The molecular weight excluding hydrogens is 536 g/mol. The minimum Gasteiger partial charge on any atom is -0.456 e. The van der Waals surface area contributed by atoms with Crippen LogP contribution in [0, 0.1) is 0 Å². The average Bonchev–Trinajstić information content (AvgIpc) is 3.74. The topological polar surface area (TPSA) is 41.6 Å². The summed E-state index contributed by atoms with van der Waals surface area (Å²) in [6.45, 7) is 0. The lowest BCUT2D eigenvalue weighted by atomic mass is 10.1. The maximum atomic E-state index is 6.51. The number of para-hydroxylation sites is 2. The van der Waals surface area contributed by atoms with Crippen LogP contribution in [0.2, 0.25) is 0 Å². The van der Waals surface area contributed by atoms with Crippen LogP contribution in [0.3, 0.4) is 0 Å². The van der Waals surface area contributed by atoms with E-state index in [1.165, 1.54) is 15.8 Å². The molecule has 42 heavy (non-hydrogen) atoms.